The van der Waals surface area contributed by atoms with Crippen LogP contribution in [0.5, 0.6) is 0 Å². The van der Waals surface area contributed by atoms with Crippen molar-refractivity contribution in [1.29, 1.82) is 0 Å². The molecule has 8 heteroatoms. The minimum absolute atomic E-state index is 0.0531. The summed E-state index contributed by atoms with van der Waals surface area (Å²) in [6.07, 6.45) is 1.14. The molecule has 0 saturated heterocycles. The van der Waals surface area contributed by atoms with Crippen molar-refractivity contribution < 1.29 is 18.0 Å². The summed E-state index contributed by atoms with van der Waals surface area (Å²) in [5.74, 6) is -0.700. The molecule has 3 aromatic carbocycles. The van der Waals surface area contributed by atoms with Gasteiger partial charge in [0.1, 0.15) is 12.6 Å². The fourth-order valence-electron chi connectivity index (χ4n) is 4.48. The lowest BCUT2D eigenvalue weighted by atomic mass is 10.1. The Balaban J connectivity index is 2.07. The van der Waals surface area contributed by atoms with Gasteiger partial charge in [-0.2, -0.15) is 0 Å². The summed E-state index contributed by atoms with van der Waals surface area (Å²) >= 11 is 0. The first-order chi connectivity index (χ1) is 19.0. The second-order valence-corrected chi connectivity index (χ2v) is 12.2. The third kappa shape index (κ3) is 7.50. The van der Waals surface area contributed by atoms with Crippen LogP contribution in [0.25, 0.3) is 0 Å². The van der Waals surface area contributed by atoms with Gasteiger partial charge < -0.3 is 10.2 Å². The number of benzene rings is 3. The quantitative estimate of drug-likeness (QED) is 0.314. The Morgan fingerprint density at radius 2 is 1.52 bits per heavy atom. The fraction of sp³-hybridized carbons (Fsp3) is 0.375. The van der Waals surface area contributed by atoms with E-state index in [2.05, 4.69) is 5.32 Å². The molecule has 1 N–H and O–H groups in total. The minimum Gasteiger partial charge on any atom is -0.352 e. The highest BCUT2D eigenvalue weighted by atomic mass is 32.2. The lowest BCUT2D eigenvalue weighted by molar-refractivity contribution is -0.140. The van der Waals surface area contributed by atoms with Crippen molar-refractivity contribution in [2.45, 2.75) is 77.9 Å². The highest BCUT2D eigenvalue weighted by Crippen LogP contribution is 2.26. The Hall–Kier alpha value is -3.65. The van der Waals surface area contributed by atoms with E-state index in [-0.39, 0.29) is 23.4 Å². The van der Waals surface area contributed by atoms with E-state index in [1.165, 1.54) is 4.90 Å². The summed E-state index contributed by atoms with van der Waals surface area (Å²) in [4.78, 5) is 29.2. The molecule has 2 amide bonds. The van der Waals surface area contributed by atoms with Gasteiger partial charge in [0.15, 0.2) is 0 Å². The van der Waals surface area contributed by atoms with Gasteiger partial charge in [-0.05, 0) is 81.5 Å². The molecular weight excluding hydrogens is 522 g/mol. The summed E-state index contributed by atoms with van der Waals surface area (Å²) in [5, 5.41) is 3.01. The minimum atomic E-state index is -4.09. The van der Waals surface area contributed by atoms with Gasteiger partial charge in [0.2, 0.25) is 11.8 Å². The SMILES string of the molecule is CC[C@H](C)NC(=O)[C@H](CC)N(Cc1ccccc1C)C(=O)CN(c1cccc(C)c1)S(=O)(=O)c1ccc(C)cc1. The normalized spacial score (nSPS) is 12.8. The number of hydrogen-bond acceptors (Lipinski definition) is 4. The maximum absolute atomic E-state index is 14.2. The van der Waals surface area contributed by atoms with Gasteiger partial charge in [0.25, 0.3) is 10.0 Å². The Kier molecular flexibility index (Phi) is 10.5. The molecule has 3 rings (SSSR count). The van der Waals surface area contributed by atoms with Crippen molar-refractivity contribution >= 4 is 27.5 Å². The smallest absolute Gasteiger partial charge is 0.264 e. The first-order valence-electron chi connectivity index (χ1n) is 13.8. The van der Waals surface area contributed by atoms with Crippen molar-refractivity contribution in [1.82, 2.24) is 10.2 Å². The van der Waals surface area contributed by atoms with Crippen LogP contribution >= 0.6 is 0 Å². The molecule has 0 bridgehead atoms. The van der Waals surface area contributed by atoms with E-state index in [4.69, 9.17) is 0 Å². The molecule has 0 aliphatic carbocycles. The van der Waals surface area contributed by atoms with Gasteiger partial charge in [-0.15, -0.1) is 0 Å². The lowest BCUT2D eigenvalue weighted by Crippen LogP contribution is -2.53. The second kappa shape index (κ2) is 13.6. The van der Waals surface area contributed by atoms with Crippen LogP contribution in [0, 0.1) is 20.8 Å². The van der Waals surface area contributed by atoms with Crippen LogP contribution in [-0.2, 0) is 26.2 Å². The number of aryl methyl sites for hydroxylation is 3. The zero-order chi connectivity index (χ0) is 29.4. The summed E-state index contributed by atoms with van der Waals surface area (Å²) in [6.45, 7) is 11.2. The number of nitrogens with zero attached hydrogens (tertiary/aromatic N) is 2. The van der Waals surface area contributed by atoms with Gasteiger partial charge in [0.05, 0.1) is 10.6 Å². The topological polar surface area (TPSA) is 86.8 Å². The summed E-state index contributed by atoms with van der Waals surface area (Å²) in [7, 11) is -4.09. The van der Waals surface area contributed by atoms with E-state index in [0.29, 0.717) is 12.1 Å². The highest BCUT2D eigenvalue weighted by molar-refractivity contribution is 7.92. The van der Waals surface area contributed by atoms with E-state index in [0.717, 1.165) is 33.0 Å². The number of nitrogens with one attached hydrogen (secondary N) is 1. The van der Waals surface area contributed by atoms with E-state index in [1.54, 1.807) is 42.5 Å². The molecule has 2 atom stereocenters. The van der Waals surface area contributed by atoms with Crippen LogP contribution in [0.15, 0.2) is 77.7 Å². The van der Waals surface area contributed by atoms with Crippen molar-refractivity contribution in [3.8, 4) is 0 Å². The van der Waals surface area contributed by atoms with Crippen LogP contribution in [-0.4, -0.2) is 43.8 Å². The van der Waals surface area contributed by atoms with Gasteiger partial charge in [-0.3, -0.25) is 13.9 Å². The van der Waals surface area contributed by atoms with Gasteiger partial charge in [-0.1, -0.05) is 67.9 Å². The molecule has 0 radical (unpaired) electrons. The van der Waals surface area contributed by atoms with Gasteiger partial charge in [0, 0.05) is 12.6 Å². The van der Waals surface area contributed by atoms with Crippen molar-refractivity contribution in [2.75, 3.05) is 10.8 Å². The summed E-state index contributed by atoms with van der Waals surface area (Å²) < 4.78 is 29.1. The van der Waals surface area contributed by atoms with Crippen LogP contribution in [0.1, 0.15) is 55.9 Å². The maximum Gasteiger partial charge on any atom is 0.264 e. The zero-order valence-electron chi connectivity index (χ0n) is 24.3. The molecule has 40 heavy (non-hydrogen) atoms. The molecule has 7 nitrogen and oxygen atoms in total. The first kappa shape index (κ1) is 30.9. The average Bonchev–Trinajstić information content (AvgIpc) is 2.92. The summed E-state index contributed by atoms with van der Waals surface area (Å²) in [5.41, 5.74) is 4.07. The Morgan fingerprint density at radius 3 is 2.12 bits per heavy atom. The number of sulfonamides is 1. The molecule has 0 fully saturated rings. The highest BCUT2D eigenvalue weighted by Gasteiger charge is 2.34. The fourth-order valence-corrected chi connectivity index (χ4v) is 5.89. The van der Waals surface area contributed by atoms with Crippen molar-refractivity contribution in [3.05, 3.63) is 95.1 Å². The Morgan fingerprint density at radius 1 is 0.850 bits per heavy atom. The molecule has 0 spiro atoms. The number of carbonyl (C=O) groups is 2. The number of rotatable bonds is 12. The number of amides is 2. The van der Waals surface area contributed by atoms with Crippen molar-refractivity contribution in [3.63, 3.8) is 0 Å². The van der Waals surface area contributed by atoms with Crippen LogP contribution in [0.4, 0.5) is 5.69 Å². The van der Waals surface area contributed by atoms with Gasteiger partial charge in [-0.25, -0.2) is 8.42 Å². The third-order valence-electron chi connectivity index (χ3n) is 7.17. The zero-order valence-corrected chi connectivity index (χ0v) is 25.2. The summed E-state index contributed by atoms with van der Waals surface area (Å²) in [6, 6.07) is 20.5. The Bertz CT molecular complexity index is 1420. The first-order valence-corrected chi connectivity index (χ1v) is 15.2. The average molecular weight is 564 g/mol. The molecule has 0 heterocycles. The van der Waals surface area contributed by atoms with Crippen LogP contribution < -0.4 is 9.62 Å². The van der Waals surface area contributed by atoms with Crippen molar-refractivity contribution in [2.24, 2.45) is 0 Å². The molecule has 0 saturated carbocycles. The molecule has 214 valence electrons. The molecule has 0 aliphatic rings. The molecule has 0 aliphatic heterocycles. The third-order valence-corrected chi connectivity index (χ3v) is 8.95. The molecule has 3 aromatic rings. The predicted molar refractivity (Wildman–Crippen MR) is 161 cm³/mol. The van der Waals surface area contributed by atoms with E-state index in [9.17, 15) is 18.0 Å². The molecular formula is C32H41N3O4S. The number of anilines is 1. The maximum atomic E-state index is 14.2. The standard InChI is InChI=1S/C32H41N3O4S/c1-7-26(6)33-32(37)30(8-2)34(21-27-14-10-9-13-25(27)5)31(36)22-35(28-15-11-12-24(4)20-28)40(38,39)29-18-16-23(3)17-19-29/h9-20,26,30H,7-8,21-22H2,1-6H3,(H,33,37)/t26-,30-/m0/s1. The second-order valence-electron chi connectivity index (χ2n) is 10.4. The number of hydrogen-bond donors (Lipinski definition) is 1. The molecule has 0 aromatic heterocycles. The lowest BCUT2D eigenvalue weighted by Gasteiger charge is -2.34. The van der Waals surface area contributed by atoms with E-state index < -0.39 is 28.5 Å². The van der Waals surface area contributed by atoms with Gasteiger partial charge >= 0.3 is 0 Å². The molecule has 0 unspecified atom stereocenters. The Labute approximate surface area is 239 Å². The van der Waals surface area contributed by atoms with E-state index >= 15 is 0 Å². The number of carbonyl (C=O) groups excluding carboxylic acids is 2. The van der Waals surface area contributed by atoms with E-state index in [1.807, 2.05) is 71.9 Å². The predicted octanol–water partition coefficient (Wildman–Crippen LogP) is 5.53. The van der Waals surface area contributed by atoms with Crippen LogP contribution in [0.3, 0.4) is 0 Å². The monoisotopic (exact) mass is 563 g/mol. The van der Waals surface area contributed by atoms with Crippen LogP contribution in [0.2, 0.25) is 0 Å². The largest absolute Gasteiger partial charge is 0.352 e.